The first kappa shape index (κ1) is 9.88. The number of hydrogen-bond acceptors (Lipinski definition) is 3. The molecule has 3 heteroatoms. The van der Waals surface area contributed by atoms with E-state index in [9.17, 15) is 0 Å². The third kappa shape index (κ3) is 1.94. The topological polar surface area (TPSA) is 49.8 Å². The lowest BCUT2D eigenvalue weighted by Crippen LogP contribution is -2.41. The lowest BCUT2D eigenvalue weighted by Gasteiger charge is -2.23. The summed E-state index contributed by atoms with van der Waals surface area (Å²) in [5, 5.41) is 8.91. The van der Waals surface area contributed by atoms with Crippen molar-refractivity contribution < 1.29 is 0 Å². The molecule has 0 aliphatic heterocycles. The summed E-state index contributed by atoms with van der Waals surface area (Å²) >= 11 is 1.83. The van der Waals surface area contributed by atoms with Crippen LogP contribution in [-0.4, -0.2) is 17.5 Å². The highest BCUT2D eigenvalue weighted by Gasteiger charge is 2.38. The molecule has 1 rings (SSSR count). The molecule has 68 valence electrons. The fourth-order valence-electron chi connectivity index (χ4n) is 1.91. The van der Waals surface area contributed by atoms with Crippen molar-refractivity contribution in [2.75, 3.05) is 12.0 Å². The summed E-state index contributed by atoms with van der Waals surface area (Å²) in [7, 11) is 0. The Hall–Kier alpha value is -0.200. The second-order valence-corrected chi connectivity index (χ2v) is 4.51. The van der Waals surface area contributed by atoms with Gasteiger partial charge < -0.3 is 5.73 Å². The lowest BCUT2D eigenvalue weighted by molar-refractivity contribution is 0.389. The number of hydrogen-bond donors (Lipinski definition) is 1. The molecule has 0 aromatic carbocycles. The van der Waals surface area contributed by atoms with E-state index in [-0.39, 0.29) is 0 Å². The first-order chi connectivity index (χ1) is 5.73. The number of nitrogens with zero attached hydrogens (tertiary/aromatic N) is 1. The van der Waals surface area contributed by atoms with E-state index in [1.54, 1.807) is 0 Å². The third-order valence-electron chi connectivity index (χ3n) is 2.75. The van der Waals surface area contributed by atoms with Crippen LogP contribution in [0.4, 0.5) is 0 Å². The molecule has 0 amide bonds. The van der Waals surface area contributed by atoms with Crippen molar-refractivity contribution in [2.24, 2.45) is 11.7 Å². The molecule has 1 saturated carbocycles. The molecule has 12 heavy (non-hydrogen) atoms. The normalized spacial score (nSPS) is 34.9. The molecule has 2 atom stereocenters. The van der Waals surface area contributed by atoms with Gasteiger partial charge in [0.25, 0.3) is 0 Å². The summed E-state index contributed by atoms with van der Waals surface area (Å²) < 4.78 is 0. The van der Waals surface area contributed by atoms with Gasteiger partial charge in [-0.1, -0.05) is 6.42 Å². The molecule has 2 nitrogen and oxygen atoms in total. The monoisotopic (exact) mass is 184 g/mol. The average molecular weight is 184 g/mol. The largest absolute Gasteiger partial charge is 0.313 e. The van der Waals surface area contributed by atoms with Gasteiger partial charge in [-0.2, -0.15) is 17.0 Å². The van der Waals surface area contributed by atoms with Gasteiger partial charge in [0.1, 0.15) is 5.54 Å². The van der Waals surface area contributed by atoms with Gasteiger partial charge in [-0.3, -0.25) is 0 Å². The molecular weight excluding hydrogens is 168 g/mol. The highest BCUT2D eigenvalue weighted by molar-refractivity contribution is 7.98. The van der Waals surface area contributed by atoms with E-state index in [0.717, 1.165) is 31.4 Å². The predicted molar refractivity (Wildman–Crippen MR) is 52.9 cm³/mol. The maximum atomic E-state index is 8.91. The van der Waals surface area contributed by atoms with E-state index in [4.69, 9.17) is 11.0 Å². The van der Waals surface area contributed by atoms with Gasteiger partial charge in [0.2, 0.25) is 0 Å². The Morgan fingerprint density at radius 3 is 3.08 bits per heavy atom. The minimum atomic E-state index is -0.504. The highest BCUT2D eigenvalue weighted by Crippen LogP contribution is 2.35. The van der Waals surface area contributed by atoms with Crippen molar-refractivity contribution >= 4 is 11.8 Å². The number of rotatable bonds is 3. The zero-order valence-corrected chi connectivity index (χ0v) is 8.36. The van der Waals surface area contributed by atoms with Crippen LogP contribution in [0.15, 0.2) is 0 Å². The van der Waals surface area contributed by atoms with Gasteiger partial charge in [-0.15, -0.1) is 0 Å². The quantitative estimate of drug-likeness (QED) is 0.727. The maximum absolute atomic E-state index is 8.91. The van der Waals surface area contributed by atoms with Crippen molar-refractivity contribution in [3.8, 4) is 6.07 Å². The summed E-state index contributed by atoms with van der Waals surface area (Å²) in [6, 6.07) is 2.27. The fraction of sp³-hybridized carbons (Fsp3) is 0.889. The second kappa shape index (κ2) is 4.15. The van der Waals surface area contributed by atoms with Crippen LogP contribution in [0.25, 0.3) is 0 Å². The molecule has 2 unspecified atom stereocenters. The van der Waals surface area contributed by atoms with Crippen LogP contribution in [0.1, 0.15) is 25.7 Å². The Labute approximate surface area is 78.5 Å². The Bertz CT molecular complexity index is 187. The molecule has 0 aromatic heterocycles. The molecule has 0 aromatic rings. The lowest BCUT2D eigenvalue weighted by atomic mass is 9.88. The molecule has 1 aliphatic rings. The second-order valence-electron chi connectivity index (χ2n) is 3.52. The molecule has 0 saturated heterocycles. The van der Waals surface area contributed by atoms with E-state index in [1.807, 2.05) is 11.8 Å². The number of nitriles is 1. The number of thioether (sulfide) groups is 1. The minimum Gasteiger partial charge on any atom is -0.313 e. The summed E-state index contributed by atoms with van der Waals surface area (Å²) in [5.41, 5.74) is 5.47. The van der Waals surface area contributed by atoms with Crippen LogP contribution in [0.5, 0.6) is 0 Å². The Balaban J connectivity index is 2.47. The van der Waals surface area contributed by atoms with E-state index in [0.29, 0.717) is 5.92 Å². The zero-order valence-electron chi connectivity index (χ0n) is 7.55. The van der Waals surface area contributed by atoms with Crippen LogP contribution in [0, 0.1) is 17.2 Å². The van der Waals surface area contributed by atoms with Gasteiger partial charge in [0.05, 0.1) is 6.07 Å². The van der Waals surface area contributed by atoms with E-state index < -0.39 is 5.54 Å². The van der Waals surface area contributed by atoms with Gasteiger partial charge in [0.15, 0.2) is 0 Å². The zero-order chi connectivity index (χ0) is 9.03. The molecule has 0 spiro atoms. The van der Waals surface area contributed by atoms with Crippen molar-refractivity contribution in [1.82, 2.24) is 0 Å². The molecule has 1 fully saturated rings. The first-order valence-electron chi connectivity index (χ1n) is 4.42. The summed E-state index contributed by atoms with van der Waals surface area (Å²) in [6.45, 7) is 0. The molecular formula is C9H16N2S. The molecule has 0 radical (unpaired) electrons. The Kier molecular flexibility index (Phi) is 3.42. The predicted octanol–water partition coefficient (Wildman–Crippen LogP) is 1.76. The van der Waals surface area contributed by atoms with E-state index in [2.05, 4.69) is 12.3 Å². The van der Waals surface area contributed by atoms with Gasteiger partial charge in [0, 0.05) is 0 Å². The number of nitrogens with two attached hydrogens (primary N) is 1. The van der Waals surface area contributed by atoms with Crippen LogP contribution < -0.4 is 5.73 Å². The van der Waals surface area contributed by atoms with Gasteiger partial charge in [-0.05, 0) is 37.2 Å². The van der Waals surface area contributed by atoms with Crippen LogP contribution in [0.3, 0.4) is 0 Å². The van der Waals surface area contributed by atoms with Crippen LogP contribution in [0.2, 0.25) is 0 Å². The Morgan fingerprint density at radius 1 is 1.75 bits per heavy atom. The highest BCUT2D eigenvalue weighted by atomic mass is 32.2. The van der Waals surface area contributed by atoms with Crippen molar-refractivity contribution in [2.45, 2.75) is 31.2 Å². The van der Waals surface area contributed by atoms with Crippen LogP contribution >= 0.6 is 11.8 Å². The standard InChI is InChI=1S/C9H16N2S/c1-12-6-4-8-3-2-5-9(8,11)7-10/h8H,2-6,11H2,1H3. The maximum Gasteiger partial charge on any atom is 0.107 e. The fourth-order valence-corrected chi connectivity index (χ4v) is 2.43. The third-order valence-corrected chi connectivity index (χ3v) is 3.39. The van der Waals surface area contributed by atoms with Gasteiger partial charge in [-0.25, -0.2) is 0 Å². The summed E-state index contributed by atoms with van der Waals surface area (Å²) in [5.74, 6) is 1.57. The smallest absolute Gasteiger partial charge is 0.107 e. The SMILES string of the molecule is CSCCC1CCCC1(N)C#N. The van der Waals surface area contributed by atoms with E-state index >= 15 is 0 Å². The van der Waals surface area contributed by atoms with Crippen molar-refractivity contribution in [1.29, 1.82) is 5.26 Å². The Morgan fingerprint density at radius 2 is 2.50 bits per heavy atom. The summed E-state index contributed by atoms with van der Waals surface area (Å²) in [6.07, 6.45) is 6.36. The van der Waals surface area contributed by atoms with Crippen molar-refractivity contribution in [3.63, 3.8) is 0 Å². The molecule has 2 N–H and O–H groups in total. The minimum absolute atomic E-state index is 0.440. The van der Waals surface area contributed by atoms with E-state index in [1.165, 1.54) is 0 Å². The average Bonchev–Trinajstić information content (AvgIpc) is 2.45. The van der Waals surface area contributed by atoms with Gasteiger partial charge >= 0.3 is 0 Å². The molecule has 0 heterocycles. The van der Waals surface area contributed by atoms with Crippen LogP contribution in [-0.2, 0) is 0 Å². The first-order valence-corrected chi connectivity index (χ1v) is 5.81. The summed E-state index contributed by atoms with van der Waals surface area (Å²) in [4.78, 5) is 0. The molecule has 0 bridgehead atoms. The van der Waals surface area contributed by atoms with Crippen molar-refractivity contribution in [3.05, 3.63) is 0 Å². The molecule has 1 aliphatic carbocycles.